The number of nitrogens with one attached hydrogen (secondary N) is 1. The van der Waals surface area contributed by atoms with E-state index in [2.05, 4.69) is 5.32 Å². The summed E-state index contributed by atoms with van der Waals surface area (Å²) >= 11 is 0.834. The van der Waals surface area contributed by atoms with Crippen molar-refractivity contribution >= 4 is 39.5 Å². The number of fused-ring (bicyclic) bond motifs is 1. The first-order chi connectivity index (χ1) is 11.0. The predicted molar refractivity (Wildman–Crippen MR) is 87.1 cm³/mol. The molecule has 0 saturated heterocycles. The quantitative estimate of drug-likeness (QED) is 0.691. The van der Waals surface area contributed by atoms with Gasteiger partial charge in [0.1, 0.15) is 0 Å². The van der Waals surface area contributed by atoms with Crippen LogP contribution in [0.2, 0.25) is 0 Å². The van der Waals surface area contributed by atoms with Gasteiger partial charge in [0.05, 0.1) is 9.80 Å². The van der Waals surface area contributed by atoms with Gasteiger partial charge in [0.25, 0.3) is 5.91 Å². The van der Waals surface area contributed by atoms with Gasteiger partial charge in [-0.2, -0.15) is 0 Å². The molecule has 1 aliphatic rings. The molecule has 0 aliphatic carbocycles. The van der Waals surface area contributed by atoms with E-state index >= 15 is 0 Å². The lowest BCUT2D eigenvalue weighted by molar-refractivity contribution is -0.380. The Morgan fingerprint density at radius 1 is 1.30 bits per heavy atom. The average molecular weight is 331 g/mol. The Labute approximate surface area is 135 Å². The zero-order valence-corrected chi connectivity index (χ0v) is 13.1. The fourth-order valence-corrected chi connectivity index (χ4v) is 3.26. The molecular weight excluding hydrogens is 318 g/mol. The summed E-state index contributed by atoms with van der Waals surface area (Å²) in [4.78, 5) is 35.8. The minimum absolute atomic E-state index is 0.00793. The second-order valence-corrected chi connectivity index (χ2v) is 6.18. The first kappa shape index (κ1) is 15.2. The van der Waals surface area contributed by atoms with Crippen LogP contribution in [-0.2, 0) is 11.2 Å². The SMILES string of the molecule is CC(=O)N1CCc2cc(NC(=O)c3ccc([N+](=O)[O-])s3)ccc21. The Morgan fingerprint density at radius 3 is 2.74 bits per heavy atom. The molecule has 0 saturated carbocycles. The van der Waals surface area contributed by atoms with E-state index in [9.17, 15) is 19.7 Å². The van der Waals surface area contributed by atoms with Crippen LogP contribution < -0.4 is 10.2 Å². The number of carbonyl (C=O) groups is 2. The Bertz CT molecular complexity index is 815. The lowest BCUT2D eigenvalue weighted by atomic mass is 10.1. The van der Waals surface area contributed by atoms with Crippen molar-refractivity contribution in [3.63, 3.8) is 0 Å². The monoisotopic (exact) mass is 331 g/mol. The first-order valence-electron chi connectivity index (χ1n) is 6.92. The van der Waals surface area contributed by atoms with E-state index in [4.69, 9.17) is 0 Å². The maximum absolute atomic E-state index is 12.1. The summed E-state index contributed by atoms with van der Waals surface area (Å²) in [6.07, 6.45) is 0.739. The van der Waals surface area contributed by atoms with Gasteiger partial charge < -0.3 is 10.2 Å². The molecule has 0 bridgehead atoms. The van der Waals surface area contributed by atoms with E-state index in [1.165, 1.54) is 19.1 Å². The van der Waals surface area contributed by atoms with Crippen LogP contribution >= 0.6 is 11.3 Å². The molecule has 23 heavy (non-hydrogen) atoms. The lowest BCUT2D eigenvalue weighted by Crippen LogP contribution is -2.25. The number of nitro groups is 1. The van der Waals surface area contributed by atoms with Crippen LogP contribution in [-0.4, -0.2) is 23.3 Å². The van der Waals surface area contributed by atoms with Crippen LogP contribution in [0.5, 0.6) is 0 Å². The summed E-state index contributed by atoms with van der Waals surface area (Å²) in [6, 6.07) is 8.10. The Kier molecular flexibility index (Phi) is 3.83. The third-order valence-corrected chi connectivity index (χ3v) is 4.64. The predicted octanol–water partition coefficient (Wildman–Crippen LogP) is 2.82. The Balaban J connectivity index is 1.77. The van der Waals surface area contributed by atoms with Gasteiger partial charge in [0, 0.05) is 30.9 Å². The molecule has 0 spiro atoms. The molecule has 118 valence electrons. The summed E-state index contributed by atoms with van der Waals surface area (Å²) in [5.74, 6) is -0.393. The number of rotatable bonds is 3. The highest BCUT2D eigenvalue weighted by molar-refractivity contribution is 7.17. The average Bonchev–Trinajstić information content (AvgIpc) is 3.13. The van der Waals surface area contributed by atoms with Crippen LogP contribution in [0.25, 0.3) is 0 Å². The van der Waals surface area contributed by atoms with Gasteiger partial charge in [-0.1, -0.05) is 11.3 Å². The van der Waals surface area contributed by atoms with E-state index in [1.54, 1.807) is 17.0 Å². The van der Waals surface area contributed by atoms with Crippen molar-refractivity contribution in [3.05, 3.63) is 50.9 Å². The smallest absolute Gasteiger partial charge is 0.321 e. The summed E-state index contributed by atoms with van der Waals surface area (Å²) in [5, 5.41) is 13.3. The molecule has 0 radical (unpaired) electrons. The molecule has 2 amide bonds. The summed E-state index contributed by atoms with van der Waals surface area (Å²) < 4.78 is 0. The summed E-state index contributed by atoms with van der Waals surface area (Å²) in [6.45, 7) is 2.16. The molecule has 0 fully saturated rings. The second-order valence-electron chi connectivity index (χ2n) is 5.11. The second kappa shape index (κ2) is 5.81. The van der Waals surface area contributed by atoms with Crippen molar-refractivity contribution in [2.45, 2.75) is 13.3 Å². The van der Waals surface area contributed by atoms with Gasteiger partial charge in [-0.25, -0.2) is 0 Å². The van der Waals surface area contributed by atoms with Crippen LogP contribution in [0.4, 0.5) is 16.4 Å². The molecule has 2 heterocycles. The fourth-order valence-electron chi connectivity index (χ4n) is 2.55. The lowest BCUT2D eigenvalue weighted by Gasteiger charge is -2.15. The minimum Gasteiger partial charge on any atom is -0.321 e. The maximum atomic E-state index is 12.1. The maximum Gasteiger partial charge on any atom is 0.324 e. The van der Waals surface area contributed by atoms with Crippen LogP contribution in [0.15, 0.2) is 30.3 Å². The normalized spacial score (nSPS) is 12.8. The van der Waals surface area contributed by atoms with Crippen LogP contribution in [0.3, 0.4) is 0 Å². The van der Waals surface area contributed by atoms with Crippen molar-refractivity contribution in [1.29, 1.82) is 0 Å². The molecule has 8 heteroatoms. The van der Waals surface area contributed by atoms with Crippen molar-refractivity contribution in [2.24, 2.45) is 0 Å². The number of amides is 2. The largest absolute Gasteiger partial charge is 0.324 e. The van der Waals surface area contributed by atoms with Gasteiger partial charge in [-0.15, -0.1) is 0 Å². The Hall–Kier alpha value is -2.74. The van der Waals surface area contributed by atoms with Gasteiger partial charge in [0.2, 0.25) is 5.91 Å². The number of hydrogen-bond donors (Lipinski definition) is 1. The van der Waals surface area contributed by atoms with Crippen molar-refractivity contribution in [1.82, 2.24) is 0 Å². The van der Waals surface area contributed by atoms with E-state index in [-0.39, 0.29) is 21.7 Å². The van der Waals surface area contributed by atoms with Gasteiger partial charge in [-0.05, 0) is 36.2 Å². The molecule has 1 aromatic heterocycles. The van der Waals surface area contributed by atoms with E-state index in [0.717, 1.165) is 29.0 Å². The van der Waals surface area contributed by atoms with Crippen molar-refractivity contribution in [3.8, 4) is 0 Å². The highest BCUT2D eigenvalue weighted by Crippen LogP contribution is 2.31. The third kappa shape index (κ3) is 2.93. The van der Waals surface area contributed by atoms with E-state index in [1.807, 2.05) is 6.07 Å². The molecule has 3 rings (SSSR count). The highest BCUT2D eigenvalue weighted by atomic mass is 32.1. The molecular formula is C15H13N3O4S. The molecule has 2 aromatic rings. The third-order valence-electron chi connectivity index (χ3n) is 3.61. The standard InChI is InChI=1S/C15H13N3O4S/c1-9(19)17-7-6-10-8-11(2-3-12(10)17)16-15(20)13-4-5-14(23-13)18(21)22/h2-5,8H,6-7H2,1H3,(H,16,20). The number of carbonyl (C=O) groups excluding carboxylic acids is 2. The topological polar surface area (TPSA) is 92.6 Å². The molecule has 1 aliphatic heterocycles. The van der Waals surface area contributed by atoms with Crippen LogP contribution in [0, 0.1) is 10.1 Å². The van der Waals surface area contributed by atoms with Gasteiger partial charge in [0.15, 0.2) is 0 Å². The number of thiophene rings is 1. The van der Waals surface area contributed by atoms with E-state index < -0.39 is 4.92 Å². The summed E-state index contributed by atoms with van der Waals surface area (Å²) in [7, 11) is 0. The molecule has 0 unspecified atom stereocenters. The highest BCUT2D eigenvalue weighted by Gasteiger charge is 2.22. The number of anilines is 2. The number of hydrogen-bond acceptors (Lipinski definition) is 5. The fraction of sp³-hybridized carbons (Fsp3) is 0.200. The number of benzene rings is 1. The zero-order valence-electron chi connectivity index (χ0n) is 12.2. The molecule has 1 N–H and O–H groups in total. The Morgan fingerprint density at radius 2 is 2.09 bits per heavy atom. The van der Waals surface area contributed by atoms with E-state index in [0.29, 0.717) is 12.2 Å². The van der Waals surface area contributed by atoms with Crippen molar-refractivity contribution in [2.75, 3.05) is 16.8 Å². The first-order valence-corrected chi connectivity index (χ1v) is 7.74. The molecule has 7 nitrogen and oxygen atoms in total. The van der Waals surface area contributed by atoms with Gasteiger partial charge in [-0.3, -0.25) is 19.7 Å². The molecule has 0 atom stereocenters. The zero-order chi connectivity index (χ0) is 16.6. The van der Waals surface area contributed by atoms with Crippen LogP contribution in [0.1, 0.15) is 22.2 Å². The molecule has 1 aromatic carbocycles. The summed E-state index contributed by atoms with van der Waals surface area (Å²) in [5.41, 5.74) is 2.47. The van der Waals surface area contributed by atoms with Crippen molar-refractivity contribution < 1.29 is 14.5 Å². The number of nitrogens with zero attached hydrogens (tertiary/aromatic N) is 2. The minimum atomic E-state index is -0.521. The van der Waals surface area contributed by atoms with Gasteiger partial charge >= 0.3 is 5.00 Å².